The fourth-order valence-corrected chi connectivity index (χ4v) is 9.58. The number of hydrogen-bond donors (Lipinski definition) is 6. The number of aliphatic hydroxyl groups excluding tert-OH is 5. The van der Waals surface area contributed by atoms with Crippen LogP contribution < -0.4 is 5.32 Å². The molecule has 0 spiro atoms. The molecule has 0 saturated carbocycles. The molecule has 1 fully saturated rings. The molecule has 7 unspecified atom stereocenters. The van der Waals surface area contributed by atoms with Gasteiger partial charge in [0.2, 0.25) is 5.91 Å². The lowest BCUT2D eigenvalue weighted by molar-refractivity contribution is -0.302. The van der Waals surface area contributed by atoms with Crippen LogP contribution in [0.25, 0.3) is 0 Å². The average Bonchev–Trinajstić information content (AvgIpc) is 3.39. The minimum atomic E-state index is -1.57. The van der Waals surface area contributed by atoms with Gasteiger partial charge in [-0.2, -0.15) is 0 Å². The first-order valence-corrected chi connectivity index (χ1v) is 30.8. The van der Waals surface area contributed by atoms with Crippen molar-refractivity contribution in [2.24, 2.45) is 0 Å². The molecular weight excluding hydrogens is 919 g/mol. The monoisotopic (exact) mass is 1030 g/mol. The van der Waals surface area contributed by atoms with E-state index in [4.69, 9.17) is 14.2 Å². The third-order valence-electron chi connectivity index (χ3n) is 14.5. The first-order valence-electron chi connectivity index (χ1n) is 30.8. The molecule has 428 valence electrons. The summed E-state index contributed by atoms with van der Waals surface area (Å²) >= 11 is 0. The zero-order valence-corrected chi connectivity index (χ0v) is 47.1. The van der Waals surface area contributed by atoms with Crippen molar-refractivity contribution < 1.29 is 49.3 Å². The van der Waals surface area contributed by atoms with Gasteiger partial charge >= 0.3 is 5.97 Å². The summed E-state index contributed by atoms with van der Waals surface area (Å²) in [5, 5.41) is 54.2. The summed E-state index contributed by atoms with van der Waals surface area (Å²) in [5.74, 6) is -0.192. The summed E-state index contributed by atoms with van der Waals surface area (Å²) in [5.41, 5.74) is 0. The Balaban J connectivity index is 2.02. The third-order valence-corrected chi connectivity index (χ3v) is 14.5. The predicted octanol–water partition coefficient (Wildman–Crippen LogP) is 14.3. The fourth-order valence-electron chi connectivity index (χ4n) is 9.58. The number of hydrogen-bond acceptors (Lipinski definition) is 10. The number of carbonyl (C=O) groups excluding carboxylic acids is 2. The van der Waals surface area contributed by atoms with Gasteiger partial charge in [0.25, 0.3) is 0 Å². The molecule has 11 nitrogen and oxygen atoms in total. The van der Waals surface area contributed by atoms with Crippen LogP contribution in [0.4, 0.5) is 0 Å². The van der Waals surface area contributed by atoms with Crippen molar-refractivity contribution in [2.75, 3.05) is 19.8 Å². The van der Waals surface area contributed by atoms with Crippen LogP contribution in [0.2, 0.25) is 0 Å². The van der Waals surface area contributed by atoms with E-state index in [1.807, 2.05) is 6.08 Å². The van der Waals surface area contributed by atoms with Gasteiger partial charge in [0, 0.05) is 12.8 Å². The van der Waals surface area contributed by atoms with E-state index < -0.39 is 49.5 Å². The van der Waals surface area contributed by atoms with Gasteiger partial charge < -0.3 is 45.1 Å². The molecule has 0 bridgehead atoms. The van der Waals surface area contributed by atoms with Crippen molar-refractivity contribution in [2.45, 2.75) is 326 Å². The maximum Gasteiger partial charge on any atom is 0.305 e. The fraction of sp³-hybridized carbons (Fsp3) is 0.871. The smallest absolute Gasteiger partial charge is 0.305 e. The third kappa shape index (κ3) is 41.7. The molecule has 0 aromatic heterocycles. The Morgan fingerprint density at radius 3 is 1.38 bits per heavy atom. The first-order chi connectivity index (χ1) is 35.7. The van der Waals surface area contributed by atoms with Crippen LogP contribution in [0.15, 0.2) is 36.5 Å². The van der Waals surface area contributed by atoms with Crippen molar-refractivity contribution in [3.05, 3.63) is 36.5 Å². The number of carbonyl (C=O) groups is 2. The molecular formula is C62H115NO10. The maximum atomic E-state index is 13.0. The number of rotatable bonds is 53. The van der Waals surface area contributed by atoms with E-state index in [0.29, 0.717) is 19.4 Å². The molecule has 73 heavy (non-hydrogen) atoms. The second kappa shape index (κ2) is 52.0. The van der Waals surface area contributed by atoms with E-state index in [9.17, 15) is 35.1 Å². The number of esters is 1. The molecule has 0 aliphatic carbocycles. The molecule has 7 atom stereocenters. The molecule has 0 aromatic carbocycles. The second-order valence-electron chi connectivity index (χ2n) is 21.4. The van der Waals surface area contributed by atoms with E-state index in [1.165, 1.54) is 180 Å². The van der Waals surface area contributed by atoms with Gasteiger partial charge in [-0.15, -0.1) is 0 Å². The largest absolute Gasteiger partial charge is 0.466 e. The predicted molar refractivity (Wildman–Crippen MR) is 301 cm³/mol. The van der Waals surface area contributed by atoms with Crippen molar-refractivity contribution >= 4 is 11.9 Å². The molecule has 1 aliphatic heterocycles. The highest BCUT2D eigenvalue weighted by atomic mass is 16.7. The van der Waals surface area contributed by atoms with E-state index in [1.54, 1.807) is 6.08 Å². The zero-order valence-electron chi connectivity index (χ0n) is 47.1. The summed E-state index contributed by atoms with van der Waals surface area (Å²) in [7, 11) is 0. The van der Waals surface area contributed by atoms with E-state index in [2.05, 4.69) is 43.5 Å². The standard InChI is InChI=1S/C62H115NO10/c1-3-5-7-9-11-13-29-34-38-42-46-50-58(67)71-51-47-43-39-35-31-28-26-24-22-20-18-16-14-15-17-19-21-23-25-27-30-33-37-41-45-49-57(66)63-54(55(65)48-44-40-36-32-12-10-8-6-4-2)53-72-62-61(70)60(69)59(68)56(52-64)73-62/h15-18,44,48,54-56,59-62,64-65,68-70H,3-14,19-43,45-47,49-53H2,1-2H3,(H,63,66)/b17-15-,18-16-,48-44+. The average molecular weight is 1030 g/mol. The summed E-state index contributed by atoms with van der Waals surface area (Å²) in [6.07, 6.45) is 54.0. The van der Waals surface area contributed by atoms with Crippen molar-refractivity contribution in [3.8, 4) is 0 Å². The van der Waals surface area contributed by atoms with Crippen LogP contribution >= 0.6 is 0 Å². The lowest BCUT2D eigenvalue weighted by Crippen LogP contribution is -2.60. The summed E-state index contributed by atoms with van der Waals surface area (Å²) in [4.78, 5) is 25.0. The Morgan fingerprint density at radius 1 is 0.507 bits per heavy atom. The van der Waals surface area contributed by atoms with E-state index in [-0.39, 0.29) is 18.5 Å². The van der Waals surface area contributed by atoms with Crippen LogP contribution in [0, 0.1) is 0 Å². The number of nitrogens with one attached hydrogen (secondary N) is 1. The topological polar surface area (TPSA) is 175 Å². The van der Waals surface area contributed by atoms with Crippen LogP contribution in [0.5, 0.6) is 0 Å². The molecule has 1 amide bonds. The molecule has 1 aliphatic rings. The normalized spacial score (nSPS) is 19.1. The highest BCUT2D eigenvalue weighted by Gasteiger charge is 2.44. The maximum absolute atomic E-state index is 13.0. The number of ether oxygens (including phenoxy) is 3. The molecule has 1 heterocycles. The molecule has 0 radical (unpaired) electrons. The summed E-state index contributed by atoms with van der Waals surface area (Å²) in [6, 6.07) is -0.813. The quantitative estimate of drug-likeness (QED) is 0.0195. The van der Waals surface area contributed by atoms with Crippen molar-refractivity contribution in [1.82, 2.24) is 5.32 Å². The van der Waals surface area contributed by atoms with Crippen molar-refractivity contribution in [1.29, 1.82) is 0 Å². The highest BCUT2D eigenvalue weighted by Crippen LogP contribution is 2.23. The summed E-state index contributed by atoms with van der Waals surface area (Å²) < 4.78 is 16.7. The minimum Gasteiger partial charge on any atom is -0.466 e. The molecule has 0 aromatic rings. The summed E-state index contributed by atoms with van der Waals surface area (Å²) in [6.45, 7) is 4.31. The Kier molecular flexibility index (Phi) is 49.0. The second-order valence-corrected chi connectivity index (χ2v) is 21.4. The highest BCUT2D eigenvalue weighted by molar-refractivity contribution is 5.76. The van der Waals surface area contributed by atoms with Gasteiger partial charge in [-0.3, -0.25) is 9.59 Å². The van der Waals surface area contributed by atoms with Crippen LogP contribution in [0.1, 0.15) is 284 Å². The van der Waals surface area contributed by atoms with Crippen molar-refractivity contribution in [3.63, 3.8) is 0 Å². The SMILES string of the molecule is CCCCCCCCC/C=C/C(O)C(COC1OC(CO)C(O)C(O)C1O)NC(=O)CCCCCCCCCCC/C=C\C/C=C\CCCCCCCCCCCOC(=O)CCCCCCCCCCCCC. The number of aliphatic hydroxyl groups is 5. The Bertz CT molecular complexity index is 1310. The molecule has 6 N–H and O–H groups in total. The molecule has 1 rings (SSSR count). The zero-order chi connectivity index (χ0) is 53.1. The van der Waals surface area contributed by atoms with Gasteiger partial charge in [0.05, 0.1) is 32.0 Å². The Labute approximate surface area is 447 Å². The number of amides is 1. The van der Waals surface area contributed by atoms with E-state index >= 15 is 0 Å². The van der Waals surface area contributed by atoms with E-state index in [0.717, 1.165) is 77.0 Å². The first kappa shape index (κ1) is 68.9. The van der Waals surface area contributed by atoms with Crippen LogP contribution in [-0.2, 0) is 23.8 Å². The lowest BCUT2D eigenvalue weighted by atomic mass is 9.99. The minimum absolute atomic E-state index is 0.00218. The molecule has 11 heteroatoms. The van der Waals surface area contributed by atoms with Gasteiger partial charge in [-0.05, 0) is 64.2 Å². The molecule has 1 saturated heterocycles. The Morgan fingerprint density at radius 2 is 0.918 bits per heavy atom. The van der Waals surface area contributed by atoms with Gasteiger partial charge in [0.15, 0.2) is 6.29 Å². The number of unbranched alkanes of at least 4 members (excludes halogenated alkanes) is 35. The van der Waals surface area contributed by atoms with Crippen LogP contribution in [-0.4, -0.2) is 100 Å². The van der Waals surface area contributed by atoms with Gasteiger partial charge in [-0.25, -0.2) is 0 Å². The van der Waals surface area contributed by atoms with Gasteiger partial charge in [0.1, 0.15) is 24.4 Å². The number of allylic oxidation sites excluding steroid dienone is 5. The Hall–Kier alpha value is -2.12. The lowest BCUT2D eigenvalue weighted by Gasteiger charge is -2.40. The van der Waals surface area contributed by atoms with Crippen LogP contribution in [0.3, 0.4) is 0 Å². The van der Waals surface area contributed by atoms with Gasteiger partial charge in [-0.1, -0.05) is 243 Å².